The number of hydrogen-bond donors (Lipinski definition) is 1. The van der Waals surface area contributed by atoms with Crippen molar-refractivity contribution in [2.24, 2.45) is 0 Å². The summed E-state index contributed by atoms with van der Waals surface area (Å²) in [7, 11) is 0. The molecule has 0 aliphatic carbocycles. The van der Waals surface area contributed by atoms with Gasteiger partial charge in [0.05, 0.1) is 10.3 Å². The van der Waals surface area contributed by atoms with Crippen LogP contribution >= 0.6 is 0 Å². The number of fused-ring (bicyclic) bond motifs is 1. The average molecular weight is 213 g/mol. The average Bonchev–Trinajstić information content (AvgIpc) is 2.18. The van der Waals surface area contributed by atoms with Crippen LogP contribution in [-0.2, 0) is 0 Å². The van der Waals surface area contributed by atoms with Gasteiger partial charge in [0.25, 0.3) is 5.69 Å². The van der Waals surface area contributed by atoms with Crippen LogP contribution in [0.1, 0.15) is 0 Å². The fourth-order valence-electron chi connectivity index (χ4n) is 1.30. The van der Waals surface area contributed by atoms with E-state index in [9.17, 15) is 15.2 Å². The summed E-state index contributed by atoms with van der Waals surface area (Å²) in [5.41, 5.74) is 0.201. The minimum Gasteiger partial charge on any atom is -0.506 e. The summed E-state index contributed by atoms with van der Waals surface area (Å²) in [6, 6.07) is 5.68. The predicted octanol–water partition coefficient (Wildman–Crippen LogP) is -1.15. The third-order valence-electron chi connectivity index (χ3n) is 1.92. The van der Waals surface area contributed by atoms with E-state index < -0.39 is 4.92 Å². The third kappa shape index (κ3) is 2.09. The number of aromatic nitrogens is 1. The molecule has 0 saturated carbocycles. The minimum atomic E-state index is -0.497. The Bertz CT molecular complexity index is 516. The van der Waals surface area contributed by atoms with Crippen LogP contribution in [0.25, 0.3) is 10.9 Å². The summed E-state index contributed by atoms with van der Waals surface area (Å²) in [4.78, 5) is 14.0. The molecule has 0 bridgehead atoms. The summed E-state index contributed by atoms with van der Waals surface area (Å²) in [5.74, 6) is -0.0498. The minimum absolute atomic E-state index is 0. The van der Waals surface area contributed by atoms with Crippen molar-refractivity contribution in [1.82, 2.24) is 4.98 Å². The molecule has 0 saturated heterocycles. The number of aromatic hydroxyl groups is 1. The number of benzene rings is 1. The van der Waals surface area contributed by atoms with Crippen molar-refractivity contribution in [2.75, 3.05) is 0 Å². The zero-order valence-electron chi connectivity index (χ0n) is 8.04. The van der Waals surface area contributed by atoms with Gasteiger partial charge < -0.3 is 5.11 Å². The number of phenols is 1. The second-order valence-electron chi connectivity index (χ2n) is 2.76. The number of pyridine rings is 1. The van der Waals surface area contributed by atoms with E-state index in [1.54, 1.807) is 12.1 Å². The van der Waals surface area contributed by atoms with E-state index in [0.717, 1.165) is 0 Å². The first-order valence-corrected chi connectivity index (χ1v) is 3.91. The van der Waals surface area contributed by atoms with Crippen molar-refractivity contribution in [3.8, 4) is 5.75 Å². The van der Waals surface area contributed by atoms with Gasteiger partial charge in [-0.2, -0.15) is 0 Å². The van der Waals surface area contributed by atoms with E-state index in [-0.39, 0.29) is 46.5 Å². The number of hydrogen-bond acceptors (Lipinski definition) is 4. The molecule has 0 radical (unpaired) electrons. The van der Waals surface area contributed by atoms with Crippen LogP contribution in [0.5, 0.6) is 5.75 Å². The second-order valence-corrected chi connectivity index (χ2v) is 2.76. The van der Waals surface area contributed by atoms with Crippen LogP contribution in [0.15, 0.2) is 30.5 Å². The van der Waals surface area contributed by atoms with Gasteiger partial charge in [0.2, 0.25) is 0 Å². The Morgan fingerprint density at radius 2 is 2.07 bits per heavy atom. The molecule has 2 rings (SSSR count). The Hall–Kier alpha value is -1.17. The molecule has 0 spiro atoms. The van der Waals surface area contributed by atoms with Gasteiger partial charge in [-0.15, -0.1) is 0 Å². The molecule has 1 heterocycles. The Labute approximate surface area is 107 Å². The quantitative estimate of drug-likeness (QED) is 0.369. The van der Waals surface area contributed by atoms with Crippen molar-refractivity contribution < 1.29 is 39.6 Å². The number of nitrogens with zero attached hydrogens (tertiary/aromatic N) is 2. The van der Waals surface area contributed by atoms with Gasteiger partial charge in [0, 0.05) is 12.3 Å². The first kappa shape index (κ1) is 11.9. The maximum absolute atomic E-state index is 10.6. The molecule has 1 N–H and O–H groups in total. The molecule has 0 unspecified atom stereocenters. The summed E-state index contributed by atoms with van der Waals surface area (Å²) >= 11 is 0. The van der Waals surface area contributed by atoms with Gasteiger partial charge in [0.1, 0.15) is 11.3 Å². The summed E-state index contributed by atoms with van der Waals surface area (Å²) in [5, 5.41) is 20.4. The molecule has 0 fully saturated rings. The van der Waals surface area contributed by atoms with E-state index in [1.165, 1.54) is 18.3 Å². The number of non-ortho nitro benzene ring substituents is 1. The van der Waals surface area contributed by atoms with Crippen LogP contribution in [0.4, 0.5) is 5.69 Å². The van der Waals surface area contributed by atoms with Crippen molar-refractivity contribution in [3.05, 3.63) is 40.6 Å². The summed E-state index contributed by atoms with van der Waals surface area (Å²) in [6.07, 6.45) is 1.48. The molecule has 70 valence electrons. The summed E-state index contributed by atoms with van der Waals surface area (Å²) in [6.45, 7) is 0. The molecular weight excluding hydrogens is 207 g/mol. The van der Waals surface area contributed by atoms with E-state index in [0.29, 0.717) is 5.39 Å². The Morgan fingerprint density at radius 3 is 2.73 bits per heavy atom. The third-order valence-corrected chi connectivity index (χ3v) is 1.92. The number of nitro benzene ring substituents is 1. The SMILES string of the molecule is O=[N+]([O-])c1ccc(O)c2ncccc12.[Na+]. The fraction of sp³-hybridized carbons (Fsp3) is 0. The topological polar surface area (TPSA) is 76.3 Å². The van der Waals surface area contributed by atoms with E-state index in [2.05, 4.69) is 4.98 Å². The molecule has 1 aromatic carbocycles. The van der Waals surface area contributed by atoms with Gasteiger partial charge in [-0.05, 0) is 18.2 Å². The number of nitro groups is 1. The first-order chi connectivity index (χ1) is 6.70. The Morgan fingerprint density at radius 1 is 1.33 bits per heavy atom. The van der Waals surface area contributed by atoms with Crippen LogP contribution in [0.3, 0.4) is 0 Å². The van der Waals surface area contributed by atoms with Gasteiger partial charge in [-0.1, -0.05) is 0 Å². The van der Waals surface area contributed by atoms with Crippen LogP contribution in [-0.4, -0.2) is 15.0 Å². The zero-order chi connectivity index (χ0) is 10.1. The predicted molar refractivity (Wildman–Crippen MR) is 50.1 cm³/mol. The van der Waals surface area contributed by atoms with Crippen molar-refractivity contribution in [3.63, 3.8) is 0 Å². The molecule has 2 aromatic rings. The molecule has 0 aliphatic heterocycles. The maximum atomic E-state index is 10.6. The van der Waals surface area contributed by atoms with E-state index in [1.807, 2.05) is 0 Å². The molecule has 5 nitrogen and oxygen atoms in total. The van der Waals surface area contributed by atoms with Crippen molar-refractivity contribution in [1.29, 1.82) is 0 Å². The molecule has 0 amide bonds. The Balaban J connectivity index is 0.00000112. The Kier molecular flexibility index (Phi) is 3.62. The fourth-order valence-corrected chi connectivity index (χ4v) is 1.30. The van der Waals surface area contributed by atoms with Gasteiger partial charge in [-0.3, -0.25) is 15.1 Å². The van der Waals surface area contributed by atoms with Gasteiger partial charge in [0.15, 0.2) is 0 Å². The first-order valence-electron chi connectivity index (χ1n) is 3.91. The van der Waals surface area contributed by atoms with Crippen LogP contribution in [0.2, 0.25) is 0 Å². The molecular formula is C9H6N2NaO3+. The van der Waals surface area contributed by atoms with Gasteiger partial charge in [-0.25, -0.2) is 0 Å². The monoisotopic (exact) mass is 213 g/mol. The molecule has 0 atom stereocenters. The van der Waals surface area contributed by atoms with Crippen molar-refractivity contribution in [2.45, 2.75) is 0 Å². The molecule has 1 aromatic heterocycles. The molecule has 15 heavy (non-hydrogen) atoms. The smallest absolute Gasteiger partial charge is 0.506 e. The van der Waals surface area contributed by atoms with Gasteiger partial charge >= 0.3 is 29.6 Å². The maximum Gasteiger partial charge on any atom is 1.00 e. The zero-order valence-corrected chi connectivity index (χ0v) is 10.0. The number of phenolic OH excluding ortho intramolecular Hbond substituents is 1. The molecule has 6 heteroatoms. The second kappa shape index (κ2) is 4.57. The molecule has 0 aliphatic rings. The number of rotatable bonds is 1. The van der Waals surface area contributed by atoms with Crippen LogP contribution in [0, 0.1) is 10.1 Å². The van der Waals surface area contributed by atoms with E-state index in [4.69, 9.17) is 0 Å². The van der Waals surface area contributed by atoms with E-state index >= 15 is 0 Å². The van der Waals surface area contributed by atoms with Crippen LogP contribution < -0.4 is 29.6 Å². The van der Waals surface area contributed by atoms with Crippen molar-refractivity contribution >= 4 is 16.6 Å². The normalized spacial score (nSPS) is 9.60. The largest absolute Gasteiger partial charge is 1.00 e. The summed E-state index contributed by atoms with van der Waals surface area (Å²) < 4.78 is 0. The standard InChI is InChI=1S/C9H6N2O3.Na/c12-8-4-3-7(11(13)14)6-2-1-5-10-9(6)8;/h1-5,12H;/q;+1.